The second kappa shape index (κ2) is 6.27. The topological polar surface area (TPSA) is 29.5 Å². The zero-order chi connectivity index (χ0) is 17.4. The van der Waals surface area contributed by atoms with Gasteiger partial charge in [0, 0.05) is 18.5 Å². The van der Waals surface area contributed by atoms with Gasteiger partial charge in [-0.05, 0) is 37.6 Å². The van der Waals surface area contributed by atoms with Gasteiger partial charge in [-0.1, -0.05) is 31.2 Å². The largest absolute Gasteiger partial charge is 0.489 e. The Hall–Kier alpha value is -2.36. The van der Waals surface area contributed by atoms with E-state index < -0.39 is 0 Å². The van der Waals surface area contributed by atoms with Gasteiger partial charge in [0.2, 0.25) is 0 Å². The smallest absolute Gasteiger partial charge is 0.257 e. The van der Waals surface area contributed by atoms with Crippen LogP contribution in [0, 0.1) is 5.82 Å². The van der Waals surface area contributed by atoms with Crippen molar-refractivity contribution in [1.82, 2.24) is 4.90 Å². The maximum Gasteiger partial charge on any atom is 0.257 e. The SMILES string of the molecule is CC1Oc2c(C(=O)N(C)C(C)c3ccc(F)cc3)cccc2C1C. The first-order valence-corrected chi connectivity index (χ1v) is 8.22. The molecule has 3 unspecified atom stereocenters. The second-order valence-electron chi connectivity index (χ2n) is 6.48. The lowest BCUT2D eigenvalue weighted by atomic mass is 9.96. The normalized spacial score (nSPS) is 20.2. The molecule has 126 valence electrons. The molecule has 0 fully saturated rings. The molecule has 1 heterocycles. The zero-order valence-corrected chi connectivity index (χ0v) is 14.4. The Bertz CT molecular complexity index is 757. The summed E-state index contributed by atoms with van der Waals surface area (Å²) < 4.78 is 19.0. The van der Waals surface area contributed by atoms with Gasteiger partial charge in [0.05, 0.1) is 11.6 Å². The van der Waals surface area contributed by atoms with Gasteiger partial charge >= 0.3 is 0 Å². The van der Waals surface area contributed by atoms with Crippen molar-refractivity contribution in [1.29, 1.82) is 0 Å². The number of amides is 1. The maximum atomic E-state index is 13.1. The molecule has 1 aliphatic heterocycles. The van der Waals surface area contributed by atoms with Gasteiger partial charge in [-0.3, -0.25) is 4.79 Å². The highest BCUT2D eigenvalue weighted by atomic mass is 19.1. The number of nitrogens with zero attached hydrogens (tertiary/aromatic N) is 1. The maximum absolute atomic E-state index is 13.1. The Morgan fingerprint density at radius 3 is 2.50 bits per heavy atom. The molecule has 3 nitrogen and oxygen atoms in total. The van der Waals surface area contributed by atoms with E-state index in [0.717, 1.165) is 11.1 Å². The molecule has 0 N–H and O–H groups in total. The number of carbonyl (C=O) groups is 1. The molecule has 3 atom stereocenters. The van der Waals surface area contributed by atoms with Crippen molar-refractivity contribution in [3.05, 3.63) is 65.0 Å². The lowest BCUT2D eigenvalue weighted by Gasteiger charge is -2.26. The highest BCUT2D eigenvalue weighted by Crippen LogP contribution is 2.41. The monoisotopic (exact) mass is 327 g/mol. The number of fused-ring (bicyclic) bond motifs is 1. The van der Waals surface area contributed by atoms with Gasteiger partial charge in [0.25, 0.3) is 5.91 Å². The summed E-state index contributed by atoms with van der Waals surface area (Å²) >= 11 is 0. The van der Waals surface area contributed by atoms with E-state index in [1.165, 1.54) is 12.1 Å². The van der Waals surface area contributed by atoms with Gasteiger partial charge in [-0.2, -0.15) is 0 Å². The summed E-state index contributed by atoms with van der Waals surface area (Å²) in [4.78, 5) is 14.6. The highest BCUT2D eigenvalue weighted by Gasteiger charge is 2.32. The highest BCUT2D eigenvalue weighted by molar-refractivity contribution is 5.97. The predicted octanol–water partition coefficient (Wildman–Crippen LogP) is 4.54. The first-order chi connectivity index (χ1) is 11.4. The van der Waals surface area contributed by atoms with E-state index in [1.807, 2.05) is 26.0 Å². The minimum Gasteiger partial charge on any atom is -0.489 e. The van der Waals surface area contributed by atoms with Crippen LogP contribution in [0.5, 0.6) is 5.75 Å². The molecule has 24 heavy (non-hydrogen) atoms. The predicted molar refractivity (Wildman–Crippen MR) is 91.9 cm³/mol. The molecule has 0 saturated carbocycles. The molecule has 2 aromatic carbocycles. The molecule has 2 aromatic rings. The molecular weight excluding hydrogens is 305 g/mol. The van der Waals surface area contributed by atoms with Crippen molar-refractivity contribution in [2.75, 3.05) is 7.05 Å². The van der Waals surface area contributed by atoms with Crippen LogP contribution in [0.25, 0.3) is 0 Å². The van der Waals surface area contributed by atoms with Crippen LogP contribution in [0.4, 0.5) is 4.39 Å². The van der Waals surface area contributed by atoms with E-state index in [-0.39, 0.29) is 29.8 Å². The number of benzene rings is 2. The average molecular weight is 327 g/mol. The van der Waals surface area contributed by atoms with Gasteiger partial charge < -0.3 is 9.64 Å². The second-order valence-corrected chi connectivity index (χ2v) is 6.48. The first-order valence-electron chi connectivity index (χ1n) is 8.22. The van der Waals surface area contributed by atoms with Crippen LogP contribution in [0.1, 0.15) is 54.2 Å². The first kappa shape index (κ1) is 16.5. The van der Waals surface area contributed by atoms with Gasteiger partial charge in [0.15, 0.2) is 0 Å². The molecule has 0 spiro atoms. The number of hydrogen-bond donors (Lipinski definition) is 0. The van der Waals surface area contributed by atoms with Crippen LogP contribution in [0.15, 0.2) is 42.5 Å². The third-order valence-corrected chi connectivity index (χ3v) is 5.03. The number of carbonyl (C=O) groups excluding carboxylic acids is 1. The average Bonchev–Trinajstić information content (AvgIpc) is 2.88. The van der Waals surface area contributed by atoms with Crippen molar-refractivity contribution in [2.24, 2.45) is 0 Å². The van der Waals surface area contributed by atoms with E-state index in [0.29, 0.717) is 11.3 Å². The summed E-state index contributed by atoms with van der Waals surface area (Å²) in [6.45, 7) is 6.06. The molecular formula is C20H22FNO2. The number of halogens is 1. The van der Waals surface area contributed by atoms with Crippen LogP contribution < -0.4 is 4.74 Å². The van der Waals surface area contributed by atoms with E-state index >= 15 is 0 Å². The zero-order valence-electron chi connectivity index (χ0n) is 14.4. The van der Waals surface area contributed by atoms with E-state index in [2.05, 4.69) is 6.92 Å². The summed E-state index contributed by atoms with van der Waals surface area (Å²) in [6.07, 6.45) is 0.0637. The minimum absolute atomic E-state index is 0.0637. The molecule has 0 aromatic heterocycles. The Balaban J connectivity index is 1.88. The van der Waals surface area contributed by atoms with Crippen molar-refractivity contribution in [2.45, 2.75) is 38.8 Å². The lowest BCUT2D eigenvalue weighted by molar-refractivity contribution is 0.0737. The van der Waals surface area contributed by atoms with Crippen LogP contribution in [0.2, 0.25) is 0 Å². The Morgan fingerprint density at radius 2 is 1.83 bits per heavy atom. The summed E-state index contributed by atoms with van der Waals surface area (Å²) in [5.41, 5.74) is 2.55. The lowest BCUT2D eigenvalue weighted by Crippen LogP contribution is -2.30. The van der Waals surface area contributed by atoms with E-state index in [1.54, 1.807) is 30.1 Å². The fraction of sp³-hybridized carbons (Fsp3) is 0.350. The van der Waals surface area contributed by atoms with E-state index in [4.69, 9.17) is 4.74 Å². The molecule has 1 amide bonds. The van der Waals surface area contributed by atoms with Crippen LogP contribution in [-0.2, 0) is 0 Å². The molecule has 3 rings (SSSR count). The van der Waals surface area contributed by atoms with Crippen molar-refractivity contribution in [3.8, 4) is 5.75 Å². The van der Waals surface area contributed by atoms with Crippen LogP contribution >= 0.6 is 0 Å². The number of ether oxygens (including phenoxy) is 1. The Morgan fingerprint density at radius 1 is 1.17 bits per heavy atom. The van der Waals surface area contributed by atoms with Crippen molar-refractivity contribution in [3.63, 3.8) is 0 Å². The fourth-order valence-corrected chi connectivity index (χ4v) is 3.08. The minimum atomic E-state index is -0.280. The third-order valence-electron chi connectivity index (χ3n) is 5.03. The molecule has 0 aliphatic carbocycles. The molecule has 0 radical (unpaired) electrons. The summed E-state index contributed by atoms with van der Waals surface area (Å²) in [7, 11) is 1.76. The molecule has 4 heteroatoms. The number of hydrogen-bond acceptors (Lipinski definition) is 2. The third kappa shape index (κ3) is 2.77. The standard InChI is InChI=1S/C20H22FNO2/c1-12-14(3)24-19-17(12)6-5-7-18(19)20(23)22(4)13(2)15-8-10-16(21)11-9-15/h5-14H,1-4H3. The van der Waals surface area contributed by atoms with Crippen LogP contribution in [0.3, 0.4) is 0 Å². The molecule has 0 saturated heterocycles. The van der Waals surface area contributed by atoms with Crippen molar-refractivity contribution < 1.29 is 13.9 Å². The summed E-state index contributed by atoms with van der Waals surface area (Å²) in [5.74, 6) is 0.593. The van der Waals surface area contributed by atoms with E-state index in [9.17, 15) is 9.18 Å². The Kier molecular flexibility index (Phi) is 4.31. The van der Waals surface area contributed by atoms with Gasteiger partial charge in [-0.25, -0.2) is 4.39 Å². The molecule has 0 bridgehead atoms. The molecule has 1 aliphatic rings. The summed E-state index contributed by atoms with van der Waals surface area (Å²) in [5, 5.41) is 0. The van der Waals surface area contributed by atoms with Gasteiger partial charge in [0.1, 0.15) is 17.7 Å². The van der Waals surface area contributed by atoms with Crippen LogP contribution in [-0.4, -0.2) is 24.0 Å². The number of rotatable bonds is 3. The van der Waals surface area contributed by atoms with Gasteiger partial charge in [-0.15, -0.1) is 0 Å². The summed E-state index contributed by atoms with van der Waals surface area (Å²) in [6, 6.07) is 11.8. The quantitative estimate of drug-likeness (QED) is 0.828. The Labute approximate surface area is 142 Å². The van der Waals surface area contributed by atoms with Crippen molar-refractivity contribution >= 4 is 5.91 Å². The fourth-order valence-electron chi connectivity index (χ4n) is 3.08. The number of para-hydroxylation sites is 1.